The molecule has 0 spiro atoms. The van der Waals surface area contributed by atoms with E-state index in [2.05, 4.69) is 17.3 Å². The van der Waals surface area contributed by atoms with Crippen molar-refractivity contribution in [3.63, 3.8) is 0 Å². The standard InChI is InChI=1S/C15H25N3O2S/c1-17(2)21(19,20)15-6-4-13(5-7-15)12-18(3)14-8-10-16-11-9-14/h4-7,14,16H,8-12H2,1-3H3. The maximum atomic E-state index is 12.0. The van der Waals surface area contributed by atoms with Gasteiger partial charge in [-0.1, -0.05) is 12.1 Å². The minimum Gasteiger partial charge on any atom is -0.317 e. The van der Waals surface area contributed by atoms with Crippen LogP contribution in [0.2, 0.25) is 0 Å². The van der Waals surface area contributed by atoms with E-state index in [0.29, 0.717) is 10.9 Å². The molecular weight excluding hydrogens is 286 g/mol. The van der Waals surface area contributed by atoms with Crippen molar-refractivity contribution in [3.8, 4) is 0 Å². The van der Waals surface area contributed by atoms with Gasteiger partial charge in [-0.15, -0.1) is 0 Å². The fraction of sp³-hybridized carbons (Fsp3) is 0.600. The average Bonchev–Trinajstić information content (AvgIpc) is 2.48. The van der Waals surface area contributed by atoms with Gasteiger partial charge in [-0.3, -0.25) is 4.90 Å². The molecule has 1 N–H and O–H groups in total. The Labute approximate surface area is 128 Å². The molecule has 2 rings (SSSR count). The van der Waals surface area contributed by atoms with Crippen LogP contribution in [0.4, 0.5) is 0 Å². The smallest absolute Gasteiger partial charge is 0.242 e. The van der Waals surface area contributed by atoms with Crippen molar-refractivity contribution < 1.29 is 8.42 Å². The molecule has 0 bridgehead atoms. The van der Waals surface area contributed by atoms with Crippen LogP contribution in [-0.4, -0.2) is 57.9 Å². The van der Waals surface area contributed by atoms with Gasteiger partial charge in [-0.25, -0.2) is 12.7 Å². The predicted molar refractivity (Wildman–Crippen MR) is 84.7 cm³/mol. The number of hydrogen-bond acceptors (Lipinski definition) is 4. The van der Waals surface area contributed by atoms with Crippen LogP contribution in [-0.2, 0) is 16.6 Å². The summed E-state index contributed by atoms with van der Waals surface area (Å²) in [6, 6.07) is 7.82. The van der Waals surface area contributed by atoms with Crippen LogP contribution in [0.1, 0.15) is 18.4 Å². The van der Waals surface area contributed by atoms with Gasteiger partial charge in [-0.05, 0) is 50.7 Å². The van der Waals surface area contributed by atoms with Crippen molar-refractivity contribution in [2.75, 3.05) is 34.2 Å². The molecule has 1 saturated heterocycles. The van der Waals surface area contributed by atoms with Crippen LogP contribution in [0, 0.1) is 0 Å². The van der Waals surface area contributed by atoms with Gasteiger partial charge < -0.3 is 5.32 Å². The molecular formula is C15H25N3O2S. The fourth-order valence-electron chi connectivity index (χ4n) is 2.64. The molecule has 1 aromatic rings. The van der Waals surface area contributed by atoms with Crippen LogP contribution in [0.15, 0.2) is 29.2 Å². The number of piperidine rings is 1. The molecule has 1 aliphatic heterocycles. The Kier molecular flexibility index (Phi) is 5.37. The molecule has 6 heteroatoms. The molecule has 0 amide bonds. The number of benzene rings is 1. The Hall–Kier alpha value is -0.950. The molecule has 1 aliphatic rings. The van der Waals surface area contributed by atoms with E-state index in [9.17, 15) is 8.42 Å². The minimum absolute atomic E-state index is 0.348. The third-order valence-electron chi connectivity index (χ3n) is 4.07. The summed E-state index contributed by atoms with van der Waals surface area (Å²) < 4.78 is 25.3. The van der Waals surface area contributed by atoms with Gasteiger partial charge in [0.2, 0.25) is 10.0 Å². The summed E-state index contributed by atoms with van der Waals surface area (Å²) in [5.41, 5.74) is 1.15. The summed E-state index contributed by atoms with van der Waals surface area (Å²) in [6.07, 6.45) is 2.34. The molecule has 0 aliphatic carbocycles. The van der Waals surface area contributed by atoms with Gasteiger partial charge in [-0.2, -0.15) is 0 Å². The largest absolute Gasteiger partial charge is 0.317 e. The first-order valence-electron chi connectivity index (χ1n) is 7.33. The van der Waals surface area contributed by atoms with Gasteiger partial charge in [0.25, 0.3) is 0 Å². The summed E-state index contributed by atoms with van der Waals surface area (Å²) in [6.45, 7) is 3.01. The first-order chi connectivity index (χ1) is 9.91. The number of nitrogens with zero attached hydrogens (tertiary/aromatic N) is 2. The third-order valence-corrected chi connectivity index (χ3v) is 5.90. The molecule has 0 aromatic heterocycles. The lowest BCUT2D eigenvalue weighted by Crippen LogP contribution is -2.40. The van der Waals surface area contributed by atoms with Gasteiger partial charge in [0.15, 0.2) is 0 Å². The molecule has 1 fully saturated rings. The minimum atomic E-state index is -3.33. The van der Waals surface area contributed by atoms with Crippen molar-refractivity contribution in [3.05, 3.63) is 29.8 Å². The number of nitrogens with one attached hydrogen (secondary N) is 1. The Bertz CT molecular complexity index is 549. The zero-order valence-electron chi connectivity index (χ0n) is 13.0. The summed E-state index contributed by atoms with van der Waals surface area (Å²) in [5.74, 6) is 0. The fourth-order valence-corrected chi connectivity index (χ4v) is 3.54. The lowest BCUT2D eigenvalue weighted by atomic mass is 10.0. The second kappa shape index (κ2) is 6.87. The molecule has 1 heterocycles. The Balaban J connectivity index is 2.02. The summed E-state index contributed by atoms with van der Waals surface area (Å²) in [4.78, 5) is 2.71. The normalized spacial score (nSPS) is 17.6. The van der Waals surface area contributed by atoms with E-state index in [4.69, 9.17) is 0 Å². The average molecular weight is 311 g/mol. The third kappa shape index (κ3) is 4.03. The van der Waals surface area contributed by atoms with Crippen LogP contribution < -0.4 is 5.32 Å². The lowest BCUT2D eigenvalue weighted by molar-refractivity contribution is 0.192. The summed E-state index contributed by atoms with van der Waals surface area (Å²) in [7, 11) is 1.91. The topological polar surface area (TPSA) is 52.7 Å². The van der Waals surface area contributed by atoms with E-state index in [-0.39, 0.29) is 0 Å². The zero-order chi connectivity index (χ0) is 15.5. The molecule has 0 atom stereocenters. The SMILES string of the molecule is CN(Cc1ccc(S(=O)(=O)N(C)C)cc1)C1CCNCC1. The maximum Gasteiger partial charge on any atom is 0.242 e. The van der Waals surface area contributed by atoms with Gasteiger partial charge >= 0.3 is 0 Å². The van der Waals surface area contributed by atoms with E-state index in [0.717, 1.165) is 25.2 Å². The maximum absolute atomic E-state index is 12.0. The highest BCUT2D eigenvalue weighted by molar-refractivity contribution is 7.89. The van der Waals surface area contributed by atoms with Crippen molar-refractivity contribution in [2.45, 2.75) is 30.3 Å². The van der Waals surface area contributed by atoms with Crippen molar-refractivity contribution in [2.24, 2.45) is 0 Å². The Morgan fingerprint density at radius 1 is 1.10 bits per heavy atom. The highest BCUT2D eigenvalue weighted by Crippen LogP contribution is 2.17. The molecule has 118 valence electrons. The molecule has 21 heavy (non-hydrogen) atoms. The van der Waals surface area contributed by atoms with Crippen molar-refractivity contribution >= 4 is 10.0 Å². The van der Waals surface area contributed by atoms with Crippen LogP contribution in [0.25, 0.3) is 0 Å². The van der Waals surface area contributed by atoms with E-state index >= 15 is 0 Å². The number of sulfonamides is 1. The van der Waals surface area contributed by atoms with Crippen molar-refractivity contribution in [1.29, 1.82) is 0 Å². The highest BCUT2D eigenvalue weighted by Gasteiger charge is 2.19. The van der Waals surface area contributed by atoms with Gasteiger partial charge in [0.1, 0.15) is 0 Å². The first-order valence-corrected chi connectivity index (χ1v) is 8.77. The van der Waals surface area contributed by atoms with Gasteiger partial charge in [0, 0.05) is 26.7 Å². The zero-order valence-corrected chi connectivity index (χ0v) is 13.9. The van der Waals surface area contributed by atoms with E-state index in [1.807, 2.05) is 12.1 Å². The van der Waals surface area contributed by atoms with E-state index < -0.39 is 10.0 Å². The molecule has 1 aromatic carbocycles. The van der Waals surface area contributed by atoms with E-state index in [1.54, 1.807) is 26.2 Å². The molecule has 0 radical (unpaired) electrons. The Morgan fingerprint density at radius 2 is 1.67 bits per heavy atom. The Morgan fingerprint density at radius 3 is 2.19 bits per heavy atom. The summed E-state index contributed by atoms with van der Waals surface area (Å²) in [5, 5.41) is 3.37. The van der Waals surface area contributed by atoms with Crippen LogP contribution >= 0.6 is 0 Å². The van der Waals surface area contributed by atoms with Crippen LogP contribution in [0.5, 0.6) is 0 Å². The first kappa shape index (κ1) is 16.4. The molecule has 0 unspecified atom stereocenters. The van der Waals surface area contributed by atoms with Crippen molar-refractivity contribution in [1.82, 2.24) is 14.5 Å². The highest BCUT2D eigenvalue weighted by atomic mass is 32.2. The number of rotatable bonds is 5. The second-order valence-corrected chi connectivity index (χ2v) is 7.98. The summed E-state index contributed by atoms with van der Waals surface area (Å²) >= 11 is 0. The van der Waals surface area contributed by atoms with Crippen LogP contribution in [0.3, 0.4) is 0 Å². The van der Waals surface area contributed by atoms with E-state index in [1.165, 1.54) is 17.1 Å². The lowest BCUT2D eigenvalue weighted by Gasteiger charge is -2.31. The van der Waals surface area contributed by atoms with Gasteiger partial charge in [0.05, 0.1) is 4.90 Å². The molecule has 0 saturated carbocycles. The predicted octanol–water partition coefficient (Wildman–Crippen LogP) is 1.12. The quantitative estimate of drug-likeness (QED) is 0.885. The monoisotopic (exact) mass is 311 g/mol. The number of hydrogen-bond donors (Lipinski definition) is 1. The molecule has 5 nitrogen and oxygen atoms in total. The second-order valence-electron chi connectivity index (χ2n) is 5.83.